The molecule has 5 aliphatic heterocycles. The van der Waals surface area contributed by atoms with Crippen LogP contribution in [0, 0.1) is 12.7 Å². The molecule has 44 heavy (non-hydrogen) atoms. The van der Waals surface area contributed by atoms with E-state index in [0.29, 0.717) is 68.7 Å². The summed E-state index contributed by atoms with van der Waals surface area (Å²) >= 11 is 0. The molecule has 2 aromatic heterocycles. The van der Waals surface area contributed by atoms with E-state index in [1.54, 1.807) is 18.3 Å². The maximum atomic E-state index is 16.7. The molecular formula is C33H41F2N5O4. The molecule has 5 aliphatic rings. The molecule has 7 heterocycles. The van der Waals surface area contributed by atoms with E-state index in [1.807, 2.05) is 11.8 Å². The fourth-order valence-corrected chi connectivity index (χ4v) is 7.79. The quantitative estimate of drug-likeness (QED) is 0.430. The van der Waals surface area contributed by atoms with Gasteiger partial charge < -0.3 is 24.6 Å². The second-order valence-corrected chi connectivity index (χ2v) is 13.1. The maximum Gasteiger partial charge on any atom is 0.319 e. The molecule has 6 bridgehead atoms. The number of hydrogen-bond acceptors (Lipinski definition) is 9. The highest BCUT2D eigenvalue weighted by Gasteiger charge is 2.49. The molecule has 0 saturated carbocycles. The summed E-state index contributed by atoms with van der Waals surface area (Å²) in [6.07, 6.45) is 6.57. The molecule has 0 radical (unpaired) electrons. The minimum atomic E-state index is -0.898. The standard InChI is InChI=1S/C33H41F2N5O4/c1-20-12-23(42)14-26-25(20)6-3-2-4-11-43-24-13-22(41)7-10-39(18-24)31-27-16-36-29(26)28(35)30(27)37-32(38-31)44-19-33-8-5-9-40(33)17-21(34)15-33/h12,14,16,21-22,24,41-42H,2-11,13,15,17-19H2,1H3/t21-,22+,24+,33+/m1/s1. The van der Waals surface area contributed by atoms with Crippen molar-refractivity contribution < 1.29 is 28.5 Å². The van der Waals surface area contributed by atoms with Crippen LogP contribution in [0.4, 0.5) is 14.6 Å². The summed E-state index contributed by atoms with van der Waals surface area (Å²) in [6.45, 7) is 4.93. The Balaban J connectivity index is 1.36. The molecular weight excluding hydrogens is 568 g/mol. The van der Waals surface area contributed by atoms with Gasteiger partial charge >= 0.3 is 6.01 Å². The van der Waals surface area contributed by atoms with Gasteiger partial charge in [0.05, 0.1) is 23.1 Å². The van der Waals surface area contributed by atoms with Crippen LogP contribution in [0.3, 0.4) is 0 Å². The van der Waals surface area contributed by atoms with Gasteiger partial charge in [0.1, 0.15) is 35.6 Å². The van der Waals surface area contributed by atoms with Crippen molar-refractivity contribution in [3.05, 3.63) is 35.3 Å². The molecule has 8 rings (SSSR count). The summed E-state index contributed by atoms with van der Waals surface area (Å²) in [6, 6.07) is 3.31. The summed E-state index contributed by atoms with van der Waals surface area (Å²) in [5, 5.41) is 21.6. The lowest BCUT2D eigenvalue weighted by atomic mass is 9.93. The fourth-order valence-electron chi connectivity index (χ4n) is 7.79. The lowest BCUT2D eigenvalue weighted by Gasteiger charge is -2.31. The van der Waals surface area contributed by atoms with Gasteiger partial charge in [-0.2, -0.15) is 9.97 Å². The third kappa shape index (κ3) is 5.58. The van der Waals surface area contributed by atoms with Crippen molar-refractivity contribution in [2.45, 2.75) is 88.6 Å². The minimum absolute atomic E-state index is 0.0303. The van der Waals surface area contributed by atoms with Gasteiger partial charge in [0, 0.05) is 50.8 Å². The first kappa shape index (κ1) is 29.6. The van der Waals surface area contributed by atoms with Crippen molar-refractivity contribution in [2.24, 2.45) is 0 Å². The molecule has 0 aliphatic carbocycles. The number of aliphatic hydroxyl groups is 1. The summed E-state index contributed by atoms with van der Waals surface area (Å²) < 4.78 is 43.7. The molecule has 9 nitrogen and oxygen atoms in total. The van der Waals surface area contributed by atoms with E-state index in [4.69, 9.17) is 14.5 Å². The van der Waals surface area contributed by atoms with E-state index < -0.39 is 23.6 Å². The zero-order chi connectivity index (χ0) is 30.4. The van der Waals surface area contributed by atoms with Crippen LogP contribution in [-0.4, -0.2) is 93.4 Å². The number of aromatic hydroxyl groups is 1. The van der Waals surface area contributed by atoms with Crippen LogP contribution in [0.5, 0.6) is 11.8 Å². The van der Waals surface area contributed by atoms with Crippen molar-refractivity contribution in [3.63, 3.8) is 0 Å². The van der Waals surface area contributed by atoms with Gasteiger partial charge in [-0.05, 0) is 75.3 Å². The van der Waals surface area contributed by atoms with Crippen molar-refractivity contribution in [1.82, 2.24) is 19.9 Å². The topological polar surface area (TPSA) is 104 Å². The second-order valence-electron chi connectivity index (χ2n) is 13.1. The number of hydrogen-bond donors (Lipinski definition) is 2. The van der Waals surface area contributed by atoms with E-state index in [-0.39, 0.29) is 35.7 Å². The predicted molar refractivity (Wildman–Crippen MR) is 162 cm³/mol. The Bertz CT molecular complexity index is 1540. The highest BCUT2D eigenvalue weighted by molar-refractivity contribution is 5.92. The molecule has 3 saturated heterocycles. The summed E-state index contributed by atoms with van der Waals surface area (Å²) in [5.41, 5.74) is 2.15. The van der Waals surface area contributed by atoms with Crippen molar-refractivity contribution in [2.75, 3.05) is 44.3 Å². The highest BCUT2D eigenvalue weighted by Crippen LogP contribution is 2.41. The third-order valence-corrected chi connectivity index (χ3v) is 10.0. The number of phenolic OH excluding ortho intramolecular Hbond substituents is 1. The van der Waals surface area contributed by atoms with Gasteiger partial charge in [0.15, 0.2) is 5.82 Å². The number of aliphatic hydroxyl groups excluding tert-OH is 1. The number of phenols is 1. The van der Waals surface area contributed by atoms with E-state index in [9.17, 15) is 14.6 Å². The van der Waals surface area contributed by atoms with Crippen LogP contribution in [-0.2, 0) is 11.2 Å². The van der Waals surface area contributed by atoms with Gasteiger partial charge in [-0.1, -0.05) is 6.42 Å². The van der Waals surface area contributed by atoms with Crippen molar-refractivity contribution >= 4 is 16.7 Å². The highest BCUT2D eigenvalue weighted by atomic mass is 19.1. The number of nitrogens with zero attached hydrogens (tertiary/aromatic N) is 5. The van der Waals surface area contributed by atoms with Crippen LogP contribution in [0.15, 0.2) is 18.3 Å². The van der Waals surface area contributed by atoms with Crippen LogP contribution < -0.4 is 9.64 Å². The normalized spacial score (nSPS) is 27.9. The van der Waals surface area contributed by atoms with E-state index >= 15 is 4.39 Å². The monoisotopic (exact) mass is 609 g/mol. The first-order valence-corrected chi connectivity index (χ1v) is 16.1. The molecule has 0 amide bonds. The SMILES string of the molecule is Cc1cc(O)cc2c1CCCCCO[C@H]1C[C@@H](O)CCN(C1)c1nc(OC[C@@]34CCCN3C[C@H](F)C4)nc3c(F)c-2ncc13. The Kier molecular flexibility index (Phi) is 8.05. The maximum absolute atomic E-state index is 16.7. The van der Waals surface area contributed by atoms with Gasteiger partial charge in [-0.15, -0.1) is 0 Å². The zero-order valence-electron chi connectivity index (χ0n) is 25.3. The smallest absolute Gasteiger partial charge is 0.319 e. The predicted octanol–water partition coefficient (Wildman–Crippen LogP) is 4.87. The molecule has 0 unspecified atom stereocenters. The van der Waals surface area contributed by atoms with Gasteiger partial charge in [0.2, 0.25) is 0 Å². The summed E-state index contributed by atoms with van der Waals surface area (Å²) in [7, 11) is 0. The zero-order valence-corrected chi connectivity index (χ0v) is 25.3. The molecule has 11 heteroatoms. The lowest BCUT2D eigenvalue weighted by molar-refractivity contribution is 0.0225. The lowest BCUT2D eigenvalue weighted by Crippen LogP contribution is -2.43. The molecule has 3 aromatic rings. The molecule has 4 atom stereocenters. The van der Waals surface area contributed by atoms with Crippen LogP contribution in [0.1, 0.15) is 62.5 Å². The minimum Gasteiger partial charge on any atom is -0.508 e. The second kappa shape index (κ2) is 12.0. The fraction of sp³-hybridized carbons (Fsp3) is 0.606. The Hall–Kier alpha value is -3.15. The molecule has 0 spiro atoms. The third-order valence-electron chi connectivity index (χ3n) is 10.0. The summed E-state index contributed by atoms with van der Waals surface area (Å²) in [4.78, 5) is 18.2. The number of aryl methyl sites for hydroxylation is 1. The number of rotatable bonds is 3. The van der Waals surface area contributed by atoms with Gasteiger partial charge in [-0.25, -0.2) is 8.78 Å². The van der Waals surface area contributed by atoms with Crippen molar-refractivity contribution in [1.29, 1.82) is 0 Å². The number of ether oxygens (including phenoxy) is 2. The number of anilines is 1. The largest absolute Gasteiger partial charge is 0.508 e. The molecule has 3 fully saturated rings. The number of halogens is 2. The Morgan fingerprint density at radius 2 is 2.02 bits per heavy atom. The molecule has 236 valence electrons. The number of benzene rings is 1. The van der Waals surface area contributed by atoms with Crippen LogP contribution in [0.25, 0.3) is 22.2 Å². The molecule has 2 N–H and O–H groups in total. The average molecular weight is 610 g/mol. The average Bonchev–Trinajstić information content (AvgIpc) is 3.44. The molecule has 1 aromatic carbocycles. The van der Waals surface area contributed by atoms with E-state index in [2.05, 4.69) is 14.9 Å². The number of fused-ring (bicyclic) bond motifs is 7. The number of aromatic nitrogens is 3. The van der Waals surface area contributed by atoms with Crippen LogP contribution >= 0.6 is 0 Å². The first-order valence-electron chi connectivity index (χ1n) is 16.1. The van der Waals surface area contributed by atoms with E-state index in [0.717, 1.165) is 49.8 Å². The van der Waals surface area contributed by atoms with Crippen LogP contribution in [0.2, 0.25) is 0 Å². The first-order chi connectivity index (χ1) is 21.3. The van der Waals surface area contributed by atoms with Gasteiger partial charge in [0.25, 0.3) is 0 Å². The Labute approximate surface area is 256 Å². The summed E-state index contributed by atoms with van der Waals surface area (Å²) in [5.74, 6) is -0.0852. The van der Waals surface area contributed by atoms with E-state index in [1.165, 1.54) is 0 Å². The number of pyridine rings is 1. The Morgan fingerprint density at radius 3 is 2.91 bits per heavy atom. The number of alkyl halides is 1. The van der Waals surface area contributed by atoms with Gasteiger partial charge in [-0.3, -0.25) is 9.88 Å². The van der Waals surface area contributed by atoms with Crippen molar-refractivity contribution in [3.8, 4) is 23.0 Å². The Morgan fingerprint density at radius 1 is 1.14 bits per heavy atom.